The molecule has 160 valence electrons. The van der Waals surface area contributed by atoms with Crippen molar-refractivity contribution in [2.24, 2.45) is 4.74 Å². The molecule has 0 aromatic rings. The smallest absolute Gasteiger partial charge is 0.0425 e. The van der Waals surface area contributed by atoms with Gasteiger partial charge >= 0.3 is 0 Å². The van der Waals surface area contributed by atoms with Gasteiger partial charge in [-0.3, -0.25) is 4.74 Å². The summed E-state index contributed by atoms with van der Waals surface area (Å²) in [6.07, 6.45) is 24.2. The molecular formula is C25H46NPTi. The molecule has 0 spiro atoms. The molecule has 0 heterocycles. The van der Waals surface area contributed by atoms with Gasteiger partial charge in [-0.05, 0) is 78.6 Å². The van der Waals surface area contributed by atoms with E-state index in [1.165, 1.54) is 73.9 Å². The number of hydrogen-bond donors (Lipinski definition) is 0. The van der Waals surface area contributed by atoms with Gasteiger partial charge in [-0.2, -0.15) is 0 Å². The van der Waals surface area contributed by atoms with E-state index >= 15 is 0 Å². The zero-order chi connectivity index (χ0) is 20.5. The monoisotopic (exact) mass is 439 g/mol. The summed E-state index contributed by atoms with van der Waals surface area (Å²) in [5.74, 6) is 0. The van der Waals surface area contributed by atoms with Crippen molar-refractivity contribution in [1.82, 2.24) is 0 Å². The molecule has 1 aliphatic rings. The van der Waals surface area contributed by atoms with E-state index in [1.54, 1.807) is 0 Å². The van der Waals surface area contributed by atoms with E-state index in [0.717, 1.165) is 6.42 Å². The van der Waals surface area contributed by atoms with Gasteiger partial charge in [0, 0.05) is 33.8 Å². The van der Waals surface area contributed by atoms with Crippen LogP contribution in [-0.4, -0.2) is 18.5 Å². The zero-order valence-corrected chi connectivity index (χ0v) is 22.3. The summed E-state index contributed by atoms with van der Waals surface area (Å²) in [4.78, 5) is 0. The van der Waals surface area contributed by atoms with E-state index in [2.05, 4.69) is 78.8 Å². The number of rotatable bonds is 11. The Bertz CT molecular complexity index is 523. The van der Waals surface area contributed by atoms with Gasteiger partial charge in [-0.1, -0.05) is 75.5 Å². The Balaban J connectivity index is 0. The van der Waals surface area contributed by atoms with E-state index < -0.39 is 7.05 Å². The molecule has 1 rings (SSSR count). The SMILES string of the molecule is CC=C(C)C(C)=CC.CCCCP(CCCC)(CCCC)=NC1=CC=CC1.[Ti]. The van der Waals surface area contributed by atoms with Crippen molar-refractivity contribution in [1.29, 1.82) is 0 Å². The van der Waals surface area contributed by atoms with Crippen LogP contribution in [0.2, 0.25) is 0 Å². The minimum absolute atomic E-state index is 0. The topological polar surface area (TPSA) is 12.4 Å². The molecule has 0 aromatic heterocycles. The maximum Gasteiger partial charge on any atom is 0.0425 e. The molecule has 0 atom stereocenters. The summed E-state index contributed by atoms with van der Waals surface area (Å²) in [6.45, 7) is 15.3. The second-order valence-electron chi connectivity index (χ2n) is 7.66. The minimum atomic E-state index is -1.08. The fourth-order valence-corrected chi connectivity index (χ4v) is 7.46. The van der Waals surface area contributed by atoms with Crippen molar-refractivity contribution in [3.63, 3.8) is 0 Å². The molecule has 0 unspecified atom stereocenters. The van der Waals surface area contributed by atoms with Gasteiger partial charge in [-0.15, -0.1) is 0 Å². The number of hydrogen-bond acceptors (Lipinski definition) is 1. The van der Waals surface area contributed by atoms with Crippen molar-refractivity contribution < 1.29 is 21.7 Å². The van der Waals surface area contributed by atoms with Gasteiger partial charge in [0.05, 0.1) is 0 Å². The second-order valence-corrected chi connectivity index (χ2v) is 11.4. The largest absolute Gasteiger partial charge is 0.272 e. The fraction of sp³-hybridized carbons (Fsp3) is 0.680. The molecule has 0 amide bonds. The van der Waals surface area contributed by atoms with Gasteiger partial charge < -0.3 is 0 Å². The summed E-state index contributed by atoms with van der Waals surface area (Å²) in [7, 11) is -1.08. The van der Waals surface area contributed by atoms with Gasteiger partial charge in [0.25, 0.3) is 0 Å². The third-order valence-corrected chi connectivity index (χ3v) is 9.49. The Morgan fingerprint density at radius 2 is 1.32 bits per heavy atom. The molecule has 0 N–H and O–H groups in total. The molecule has 0 saturated heterocycles. The van der Waals surface area contributed by atoms with Gasteiger partial charge in [0.1, 0.15) is 0 Å². The molecule has 1 nitrogen and oxygen atoms in total. The van der Waals surface area contributed by atoms with Crippen LogP contribution in [0.15, 0.2) is 52.0 Å². The molecule has 0 fully saturated rings. The van der Waals surface area contributed by atoms with Gasteiger partial charge in [0.15, 0.2) is 0 Å². The second kappa shape index (κ2) is 18.9. The summed E-state index contributed by atoms with van der Waals surface area (Å²) in [5, 5.41) is 0. The Morgan fingerprint density at radius 3 is 1.61 bits per heavy atom. The van der Waals surface area contributed by atoms with Crippen molar-refractivity contribution in [3.8, 4) is 0 Å². The third-order valence-electron chi connectivity index (χ3n) is 5.36. The summed E-state index contributed by atoms with van der Waals surface area (Å²) in [5.41, 5.74) is 4.09. The Morgan fingerprint density at radius 1 is 0.893 bits per heavy atom. The first-order valence-corrected chi connectivity index (χ1v) is 13.5. The van der Waals surface area contributed by atoms with Crippen molar-refractivity contribution in [2.75, 3.05) is 18.5 Å². The Labute approximate surface area is 192 Å². The average Bonchev–Trinajstić information content (AvgIpc) is 3.21. The fourth-order valence-electron chi connectivity index (χ4n) is 3.08. The van der Waals surface area contributed by atoms with Crippen LogP contribution >= 0.6 is 7.05 Å². The average molecular weight is 439 g/mol. The van der Waals surface area contributed by atoms with E-state index in [4.69, 9.17) is 4.74 Å². The van der Waals surface area contributed by atoms with Gasteiger partial charge in [-0.25, -0.2) is 0 Å². The quantitative estimate of drug-likeness (QED) is 0.173. The zero-order valence-electron chi connectivity index (χ0n) is 19.9. The van der Waals surface area contributed by atoms with Gasteiger partial charge in [0.2, 0.25) is 0 Å². The summed E-state index contributed by atoms with van der Waals surface area (Å²) in [6, 6.07) is 0. The van der Waals surface area contributed by atoms with E-state index in [0.29, 0.717) is 0 Å². The first-order chi connectivity index (χ1) is 13.0. The predicted molar refractivity (Wildman–Crippen MR) is 129 cm³/mol. The minimum Gasteiger partial charge on any atom is -0.272 e. The molecule has 1 aliphatic carbocycles. The Kier molecular flexibility index (Phi) is 20.3. The van der Waals surface area contributed by atoms with E-state index in [9.17, 15) is 0 Å². The molecular weight excluding hydrogens is 393 g/mol. The molecule has 3 heteroatoms. The van der Waals surface area contributed by atoms with Crippen molar-refractivity contribution in [3.05, 3.63) is 47.2 Å². The summed E-state index contributed by atoms with van der Waals surface area (Å²) < 4.78 is 5.33. The van der Waals surface area contributed by atoms with Crippen molar-refractivity contribution >= 4 is 7.05 Å². The maximum atomic E-state index is 5.33. The van der Waals surface area contributed by atoms with Crippen LogP contribution in [0.3, 0.4) is 0 Å². The predicted octanol–water partition coefficient (Wildman–Crippen LogP) is 9.35. The van der Waals surface area contributed by atoms with Crippen LogP contribution in [0.1, 0.15) is 93.4 Å². The molecule has 28 heavy (non-hydrogen) atoms. The van der Waals surface area contributed by atoms with Crippen LogP contribution in [0.4, 0.5) is 0 Å². The normalized spacial score (nSPS) is 14.2. The van der Waals surface area contributed by atoms with Crippen LogP contribution in [-0.2, 0) is 21.7 Å². The van der Waals surface area contributed by atoms with Crippen LogP contribution in [0, 0.1) is 0 Å². The molecule has 0 aromatic carbocycles. The van der Waals surface area contributed by atoms with Crippen molar-refractivity contribution in [2.45, 2.75) is 93.4 Å². The molecule has 0 radical (unpaired) electrons. The van der Waals surface area contributed by atoms with Crippen LogP contribution < -0.4 is 0 Å². The first-order valence-electron chi connectivity index (χ1n) is 11.2. The van der Waals surface area contributed by atoms with Crippen LogP contribution in [0.5, 0.6) is 0 Å². The molecule has 0 bridgehead atoms. The third kappa shape index (κ3) is 13.2. The Hall–Kier alpha value is -0.0957. The standard InChI is InChI=1S/C17H32NP.C8H14.Ti/c1-4-7-14-19(15-8-5-2,16-9-6-3)18-17-12-10-11-13-17;1-5-7(3)8(4)6-2;/h10-12H,4-9,13-16H2,1-3H3;5-6H,1-4H3;. The van der Waals surface area contributed by atoms with E-state index in [1.807, 2.05) is 0 Å². The number of allylic oxidation sites excluding steroid dienone is 7. The summed E-state index contributed by atoms with van der Waals surface area (Å²) >= 11 is 0. The maximum absolute atomic E-state index is 5.33. The molecule has 0 aliphatic heterocycles. The molecule has 0 saturated carbocycles. The first kappa shape index (κ1) is 30.1. The number of nitrogens with zero attached hydrogens (tertiary/aromatic N) is 1. The number of unbranched alkanes of at least 4 members (excludes halogenated alkanes) is 3. The van der Waals surface area contributed by atoms with E-state index in [-0.39, 0.29) is 21.7 Å². The van der Waals surface area contributed by atoms with Crippen LogP contribution in [0.25, 0.3) is 0 Å².